The van der Waals surface area contributed by atoms with Crippen molar-refractivity contribution >= 4 is 23.1 Å². The number of carbonyl (C=O) groups excluding carboxylic acids is 2. The van der Waals surface area contributed by atoms with E-state index in [1.54, 1.807) is 19.2 Å². The molecule has 2 aromatic rings. The summed E-state index contributed by atoms with van der Waals surface area (Å²) in [6.07, 6.45) is 0. The zero-order valence-corrected chi connectivity index (χ0v) is 13.7. The SMILES string of the molecule is COc1ccccc1C1=C2C(=O)c3c(NC(C)=O)cccc3C2N=N1. The van der Waals surface area contributed by atoms with Crippen LogP contribution in [0.15, 0.2) is 58.3 Å². The number of azo groups is 1. The molecule has 1 N–H and O–H groups in total. The highest BCUT2D eigenvalue weighted by molar-refractivity contribution is 6.22. The fourth-order valence-corrected chi connectivity index (χ4v) is 3.33. The van der Waals surface area contributed by atoms with Crippen LogP contribution in [0.1, 0.15) is 34.5 Å². The highest BCUT2D eigenvalue weighted by atomic mass is 16.5. The molecule has 1 aliphatic carbocycles. The maximum absolute atomic E-state index is 13.1. The van der Waals surface area contributed by atoms with Crippen molar-refractivity contribution in [2.75, 3.05) is 12.4 Å². The van der Waals surface area contributed by atoms with Gasteiger partial charge in [-0.05, 0) is 23.8 Å². The smallest absolute Gasteiger partial charge is 0.221 e. The number of rotatable bonds is 3. The first-order chi connectivity index (χ1) is 12.1. The number of Topliss-reactive ketones (excluding diaryl/α,β-unsaturated/α-hetero) is 1. The number of nitrogens with one attached hydrogen (secondary N) is 1. The first kappa shape index (κ1) is 15.3. The fourth-order valence-electron chi connectivity index (χ4n) is 3.33. The van der Waals surface area contributed by atoms with Crippen LogP contribution in [0.2, 0.25) is 0 Å². The summed E-state index contributed by atoms with van der Waals surface area (Å²) in [7, 11) is 1.58. The van der Waals surface area contributed by atoms with E-state index in [0.717, 1.165) is 11.1 Å². The fraction of sp³-hybridized carbons (Fsp3) is 0.158. The van der Waals surface area contributed by atoms with Gasteiger partial charge in [-0.2, -0.15) is 10.2 Å². The summed E-state index contributed by atoms with van der Waals surface area (Å²) < 4.78 is 5.39. The Kier molecular flexibility index (Phi) is 3.46. The molecule has 1 heterocycles. The molecule has 124 valence electrons. The Morgan fingerprint density at radius 1 is 1.16 bits per heavy atom. The van der Waals surface area contributed by atoms with Gasteiger partial charge in [-0.25, -0.2) is 0 Å². The molecule has 6 nitrogen and oxygen atoms in total. The molecule has 1 atom stereocenters. The molecule has 4 rings (SSSR count). The van der Waals surface area contributed by atoms with Gasteiger partial charge >= 0.3 is 0 Å². The van der Waals surface area contributed by atoms with Crippen LogP contribution < -0.4 is 10.1 Å². The Morgan fingerprint density at radius 2 is 1.96 bits per heavy atom. The first-order valence-corrected chi connectivity index (χ1v) is 7.85. The average molecular weight is 333 g/mol. The van der Waals surface area contributed by atoms with Crippen LogP contribution >= 0.6 is 0 Å². The number of hydrogen-bond donors (Lipinski definition) is 1. The number of nitrogens with zero attached hydrogens (tertiary/aromatic N) is 2. The van der Waals surface area contributed by atoms with Crippen molar-refractivity contribution in [3.8, 4) is 5.75 Å². The molecule has 2 aromatic carbocycles. The van der Waals surface area contributed by atoms with E-state index < -0.39 is 6.04 Å². The number of hydrogen-bond acceptors (Lipinski definition) is 5. The number of anilines is 1. The molecule has 0 radical (unpaired) electrons. The molecule has 25 heavy (non-hydrogen) atoms. The Morgan fingerprint density at radius 3 is 2.72 bits per heavy atom. The topological polar surface area (TPSA) is 80.1 Å². The zero-order chi connectivity index (χ0) is 17.6. The molecular weight excluding hydrogens is 318 g/mol. The average Bonchev–Trinajstić information content (AvgIpc) is 3.15. The highest BCUT2D eigenvalue weighted by Crippen LogP contribution is 2.49. The molecule has 0 aromatic heterocycles. The lowest BCUT2D eigenvalue weighted by Gasteiger charge is -2.08. The lowest BCUT2D eigenvalue weighted by molar-refractivity contribution is -0.114. The summed E-state index contributed by atoms with van der Waals surface area (Å²) in [4.78, 5) is 24.5. The van der Waals surface area contributed by atoms with Gasteiger partial charge in [0.1, 0.15) is 17.5 Å². The minimum absolute atomic E-state index is 0.157. The number of carbonyl (C=O) groups is 2. The Hall–Kier alpha value is -3.28. The number of para-hydroxylation sites is 1. The van der Waals surface area contributed by atoms with Gasteiger partial charge in [-0.3, -0.25) is 9.59 Å². The summed E-state index contributed by atoms with van der Waals surface area (Å²) in [5.41, 5.74) is 3.54. The summed E-state index contributed by atoms with van der Waals surface area (Å²) >= 11 is 0. The third-order valence-corrected chi connectivity index (χ3v) is 4.34. The molecule has 0 fully saturated rings. The normalized spacial score (nSPS) is 17.5. The molecule has 0 spiro atoms. The van der Waals surface area contributed by atoms with Crippen molar-refractivity contribution < 1.29 is 14.3 Å². The maximum atomic E-state index is 13.1. The van der Waals surface area contributed by atoms with E-state index in [9.17, 15) is 9.59 Å². The molecule has 0 saturated heterocycles. The van der Waals surface area contributed by atoms with Crippen molar-refractivity contribution in [3.63, 3.8) is 0 Å². The van der Waals surface area contributed by atoms with Crippen LogP contribution in [0.4, 0.5) is 5.69 Å². The van der Waals surface area contributed by atoms with Crippen molar-refractivity contribution in [2.45, 2.75) is 13.0 Å². The molecule has 0 saturated carbocycles. The quantitative estimate of drug-likeness (QED) is 0.928. The minimum Gasteiger partial charge on any atom is -0.496 e. The highest BCUT2D eigenvalue weighted by Gasteiger charge is 2.42. The molecule has 6 heteroatoms. The number of ketones is 1. The maximum Gasteiger partial charge on any atom is 0.221 e. The number of benzene rings is 2. The zero-order valence-electron chi connectivity index (χ0n) is 13.7. The van der Waals surface area contributed by atoms with Crippen molar-refractivity contribution in [2.24, 2.45) is 10.2 Å². The van der Waals surface area contributed by atoms with Gasteiger partial charge in [0.05, 0.1) is 23.9 Å². The lowest BCUT2D eigenvalue weighted by atomic mass is 10.0. The second-order valence-electron chi connectivity index (χ2n) is 5.86. The van der Waals surface area contributed by atoms with Crippen LogP contribution in [-0.2, 0) is 4.79 Å². The summed E-state index contributed by atoms with van der Waals surface area (Å²) in [5.74, 6) is 0.254. The second kappa shape index (κ2) is 5.66. The largest absolute Gasteiger partial charge is 0.496 e. The van der Waals surface area contributed by atoms with E-state index >= 15 is 0 Å². The molecule has 0 bridgehead atoms. The predicted molar refractivity (Wildman–Crippen MR) is 92.6 cm³/mol. The van der Waals surface area contributed by atoms with E-state index in [-0.39, 0.29) is 11.7 Å². The lowest BCUT2D eigenvalue weighted by Crippen LogP contribution is -2.10. The Labute approximate surface area is 144 Å². The summed E-state index contributed by atoms with van der Waals surface area (Å²) in [6, 6.07) is 12.3. The van der Waals surface area contributed by atoms with Gasteiger partial charge in [-0.15, -0.1) is 0 Å². The molecule has 2 aliphatic rings. The molecule has 1 unspecified atom stereocenters. The van der Waals surface area contributed by atoms with Crippen LogP contribution in [0.3, 0.4) is 0 Å². The molecule has 1 amide bonds. The summed E-state index contributed by atoms with van der Waals surface area (Å²) in [6.45, 7) is 1.42. The van der Waals surface area contributed by atoms with E-state index in [0.29, 0.717) is 28.3 Å². The predicted octanol–water partition coefficient (Wildman–Crippen LogP) is 3.77. The van der Waals surface area contributed by atoms with E-state index in [2.05, 4.69) is 15.5 Å². The van der Waals surface area contributed by atoms with Crippen molar-refractivity contribution in [3.05, 3.63) is 64.7 Å². The molecular formula is C19H15N3O3. The second-order valence-corrected chi connectivity index (χ2v) is 5.86. The van der Waals surface area contributed by atoms with E-state index in [1.807, 2.05) is 30.3 Å². The van der Waals surface area contributed by atoms with E-state index in [1.165, 1.54) is 6.92 Å². The van der Waals surface area contributed by atoms with Gasteiger partial charge in [0.25, 0.3) is 0 Å². The van der Waals surface area contributed by atoms with Crippen LogP contribution in [0.25, 0.3) is 5.70 Å². The number of fused-ring (bicyclic) bond motifs is 3. The monoisotopic (exact) mass is 333 g/mol. The number of ether oxygens (including phenoxy) is 1. The minimum atomic E-state index is -0.434. The standard InChI is InChI=1S/C19H15N3O3/c1-10(23)20-13-8-5-7-12-15(13)19(24)16-17(21-22-18(12)16)11-6-3-4-9-14(11)25-2/h3-9,18H,1-2H3,(H,20,23). The van der Waals surface area contributed by atoms with Crippen LogP contribution in [0, 0.1) is 0 Å². The number of amides is 1. The summed E-state index contributed by atoms with van der Waals surface area (Å²) in [5, 5.41) is 11.3. The third-order valence-electron chi connectivity index (χ3n) is 4.34. The van der Waals surface area contributed by atoms with Gasteiger partial charge in [0.2, 0.25) is 5.91 Å². The first-order valence-electron chi connectivity index (χ1n) is 7.85. The van der Waals surface area contributed by atoms with Crippen LogP contribution in [0.5, 0.6) is 5.75 Å². The van der Waals surface area contributed by atoms with Crippen LogP contribution in [-0.4, -0.2) is 18.8 Å². The number of methoxy groups -OCH3 is 1. The van der Waals surface area contributed by atoms with E-state index in [4.69, 9.17) is 4.74 Å². The van der Waals surface area contributed by atoms with Gasteiger partial charge in [0.15, 0.2) is 5.78 Å². The van der Waals surface area contributed by atoms with Crippen molar-refractivity contribution in [1.29, 1.82) is 0 Å². The molecule has 1 aliphatic heterocycles. The Bertz CT molecular complexity index is 976. The van der Waals surface area contributed by atoms with Gasteiger partial charge < -0.3 is 10.1 Å². The Balaban J connectivity index is 1.89. The van der Waals surface area contributed by atoms with Gasteiger partial charge in [0, 0.05) is 12.5 Å². The van der Waals surface area contributed by atoms with Gasteiger partial charge in [-0.1, -0.05) is 24.3 Å². The third kappa shape index (κ3) is 2.26. The van der Waals surface area contributed by atoms with Crippen molar-refractivity contribution in [1.82, 2.24) is 0 Å².